The maximum absolute atomic E-state index is 16.3. The Morgan fingerprint density at radius 3 is 2.71 bits per heavy atom. The first kappa shape index (κ1) is 29.6. The van der Waals surface area contributed by atoms with Crippen molar-refractivity contribution in [2.45, 2.75) is 26.2 Å². The number of rotatable bonds is 12. The molecular weight excluding hydrogens is 533 g/mol. The fraction of sp³-hybridized carbons (Fsp3) is 0.300. The molecule has 0 aliphatic rings. The number of phenolic OH excluding ortho intramolecular Hbond substituents is 1. The first-order chi connectivity index (χ1) is 19.8. The molecule has 4 rings (SSSR count). The molecule has 0 fully saturated rings. The number of aromatic nitrogens is 3. The molecule has 3 N–H and O–H groups in total. The van der Waals surface area contributed by atoms with Crippen LogP contribution in [-0.4, -0.2) is 58.8 Å². The molecule has 8 nitrogen and oxygen atoms in total. The Hall–Kier alpha value is -4.40. The van der Waals surface area contributed by atoms with E-state index in [4.69, 9.17) is 11.2 Å². The molecule has 2 heterocycles. The zero-order valence-electron chi connectivity index (χ0n) is 23.1. The smallest absolute Gasteiger partial charge is 0.319 e. The van der Waals surface area contributed by atoms with E-state index in [1.807, 2.05) is 0 Å². The summed E-state index contributed by atoms with van der Waals surface area (Å²) in [6.07, 6.45) is 10.4. The molecule has 0 saturated heterocycles. The van der Waals surface area contributed by atoms with Crippen molar-refractivity contribution in [1.82, 2.24) is 25.3 Å². The average Bonchev–Trinajstić information content (AvgIpc) is 2.95. The summed E-state index contributed by atoms with van der Waals surface area (Å²) < 4.78 is 50.0. The summed E-state index contributed by atoms with van der Waals surface area (Å²) in [5.41, 5.74) is 6.01. The lowest BCUT2D eigenvalue weighted by Crippen LogP contribution is -2.24. The molecule has 2 aromatic carbocycles. The number of benzene rings is 2. The van der Waals surface area contributed by atoms with Crippen LogP contribution in [0.15, 0.2) is 42.4 Å². The summed E-state index contributed by atoms with van der Waals surface area (Å²) in [6, 6.07) is 5.11. The maximum Gasteiger partial charge on any atom is 0.319 e. The average molecular weight is 565 g/mol. The standard InChI is InChI=1S/C30H31F3N6O2/c1-5-7-8-11-35-38-29-23-15-34-27(22-13-20(40)12-19-9-10-24(32)21(6-2)25(19)22)26(33)28(23)36-30(37-29)41-17-18(14-31)16-39(3)4/h2,9-10,12-15,35,40H,5,7-8,11,16-17H2,1,3-4H3,(H,36,37,38)/b18-14+. The Morgan fingerprint density at radius 2 is 2.00 bits per heavy atom. The SMILES string of the molecule is C#Cc1c(F)ccc2cc(O)cc(-c3ncc4c(NNCCCCC)nc(OC/C(=C/F)CN(C)C)nc4c3F)c12. The lowest BCUT2D eigenvalue weighted by Gasteiger charge is -2.16. The molecule has 0 aliphatic heterocycles. The number of aromatic hydroxyl groups is 1. The monoisotopic (exact) mass is 564 g/mol. The molecule has 4 aromatic rings. The van der Waals surface area contributed by atoms with Gasteiger partial charge in [0.1, 0.15) is 29.4 Å². The second-order valence-corrected chi connectivity index (χ2v) is 9.75. The highest BCUT2D eigenvalue weighted by Gasteiger charge is 2.22. The van der Waals surface area contributed by atoms with E-state index in [0.29, 0.717) is 30.4 Å². The number of fused-ring (bicyclic) bond motifs is 2. The number of nitrogens with zero attached hydrogens (tertiary/aromatic N) is 4. The Kier molecular flexibility index (Phi) is 9.60. The minimum atomic E-state index is -0.863. The number of ether oxygens (including phenoxy) is 1. The normalized spacial score (nSPS) is 11.8. The molecule has 214 valence electrons. The highest BCUT2D eigenvalue weighted by atomic mass is 19.1. The number of hydrogen-bond donors (Lipinski definition) is 3. The van der Waals surface area contributed by atoms with Crippen LogP contribution in [0, 0.1) is 24.0 Å². The van der Waals surface area contributed by atoms with E-state index in [1.54, 1.807) is 19.0 Å². The predicted molar refractivity (Wildman–Crippen MR) is 154 cm³/mol. The number of anilines is 1. The number of hydrogen-bond acceptors (Lipinski definition) is 8. The topological polar surface area (TPSA) is 95.4 Å². The van der Waals surface area contributed by atoms with Gasteiger partial charge < -0.3 is 20.2 Å². The molecule has 11 heteroatoms. The quantitative estimate of drug-likeness (QED) is 0.114. The third-order valence-electron chi connectivity index (χ3n) is 6.29. The molecule has 0 atom stereocenters. The predicted octanol–water partition coefficient (Wildman–Crippen LogP) is 5.71. The number of phenols is 1. The van der Waals surface area contributed by atoms with Crippen molar-refractivity contribution in [1.29, 1.82) is 0 Å². The molecule has 41 heavy (non-hydrogen) atoms. The van der Waals surface area contributed by atoms with Gasteiger partial charge in [-0.15, -0.1) is 6.42 Å². The number of unbranched alkanes of at least 4 members (excludes halogenated alkanes) is 2. The van der Waals surface area contributed by atoms with E-state index < -0.39 is 11.6 Å². The maximum atomic E-state index is 16.3. The van der Waals surface area contributed by atoms with Crippen LogP contribution < -0.4 is 15.6 Å². The van der Waals surface area contributed by atoms with Crippen molar-refractivity contribution >= 4 is 27.5 Å². The van der Waals surface area contributed by atoms with E-state index in [2.05, 4.69) is 38.6 Å². The van der Waals surface area contributed by atoms with Crippen molar-refractivity contribution in [2.75, 3.05) is 39.2 Å². The molecule has 2 aromatic heterocycles. The fourth-order valence-electron chi connectivity index (χ4n) is 4.42. The van der Waals surface area contributed by atoms with Crippen molar-refractivity contribution < 1.29 is 23.0 Å². The van der Waals surface area contributed by atoms with Crippen molar-refractivity contribution in [3.63, 3.8) is 0 Å². The summed E-state index contributed by atoms with van der Waals surface area (Å²) in [6.45, 7) is 2.85. The number of terminal acetylenes is 1. The number of nitrogens with one attached hydrogen (secondary N) is 2. The van der Waals surface area contributed by atoms with Gasteiger partial charge in [-0.2, -0.15) is 9.97 Å². The fourth-order valence-corrected chi connectivity index (χ4v) is 4.42. The Labute approximate surface area is 236 Å². The van der Waals surface area contributed by atoms with Gasteiger partial charge in [-0.1, -0.05) is 31.8 Å². The zero-order valence-corrected chi connectivity index (χ0v) is 23.1. The lowest BCUT2D eigenvalue weighted by atomic mass is 9.96. The molecule has 0 saturated carbocycles. The third-order valence-corrected chi connectivity index (χ3v) is 6.29. The van der Waals surface area contributed by atoms with Gasteiger partial charge >= 0.3 is 6.01 Å². The van der Waals surface area contributed by atoms with Crippen molar-refractivity contribution in [3.8, 4) is 35.4 Å². The van der Waals surface area contributed by atoms with Crippen LogP contribution >= 0.6 is 0 Å². The van der Waals surface area contributed by atoms with Gasteiger partial charge in [-0.05, 0) is 44.1 Å². The molecule has 0 spiro atoms. The van der Waals surface area contributed by atoms with Crippen LogP contribution in [0.25, 0.3) is 32.9 Å². The van der Waals surface area contributed by atoms with Crippen LogP contribution in [0.3, 0.4) is 0 Å². The van der Waals surface area contributed by atoms with Gasteiger partial charge in [0.2, 0.25) is 0 Å². The Balaban J connectivity index is 1.85. The minimum Gasteiger partial charge on any atom is -0.508 e. The van der Waals surface area contributed by atoms with E-state index in [-0.39, 0.29) is 57.3 Å². The molecule has 0 amide bonds. The lowest BCUT2D eigenvalue weighted by molar-refractivity contribution is 0.306. The van der Waals surface area contributed by atoms with E-state index in [1.165, 1.54) is 30.5 Å². The van der Waals surface area contributed by atoms with Crippen LogP contribution in [0.1, 0.15) is 31.7 Å². The Bertz CT molecular complexity index is 1640. The number of hydrazine groups is 1. The van der Waals surface area contributed by atoms with Crippen LogP contribution in [0.2, 0.25) is 0 Å². The van der Waals surface area contributed by atoms with Gasteiger partial charge in [-0.25, -0.2) is 18.6 Å². The van der Waals surface area contributed by atoms with E-state index >= 15 is 4.39 Å². The molecule has 0 unspecified atom stereocenters. The highest BCUT2D eigenvalue weighted by Crippen LogP contribution is 2.38. The molecule has 0 aliphatic carbocycles. The second kappa shape index (κ2) is 13.3. The van der Waals surface area contributed by atoms with Crippen molar-refractivity contribution in [2.24, 2.45) is 0 Å². The molecular formula is C30H31F3N6O2. The van der Waals surface area contributed by atoms with Gasteiger partial charge in [0.15, 0.2) is 11.6 Å². The van der Waals surface area contributed by atoms with E-state index in [9.17, 15) is 13.9 Å². The minimum absolute atomic E-state index is 0.0874. The van der Waals surface area contributed by atoms with Crippen LogP contribution in [0.4, 0.5) is 19.0 Å². The first-order valence-corrected chi connectivity index (χ1v) is 13.1. The van der Waals surface area contributed by atoms with E-state index in [0.717, 1.165) is 19.3 Å². The summed E-state index contributed by atoms with van der Waals surface area (Å²) >= 11 is 0. The summed E-state index contributed by atoms with van der Waals surface area (Å²) in [5.74, 6) is 0.810. The third kappa shape index (κ3) is 6.67. The number of likely N-dealkylation sites (N-methyl/N-ethyl adjacent to an activating group) is 1. The molecule has 0 radical (unpaired) electrons. The Morgan fingerprint density at radius 1 is 1.20 bits per heavy atom. The summed E-state index contributed by atoms with van der Waals surface area (Å²) in [7, 11) is 3.57. The van der Waals surface area contributed by atoms with Gasteiger partial charge in [0.25, 0.3) is 0 Å². The van der Waals surface area contributed by atoms with Crippen LogP contribution in [0.5, 0.6) is 11.8 Å². The highest BCUT2D eigenvalue weighted by molar-refractivity contribution is 6.02. The summed E-state index contributed by atoms with van der Waals surface area (Å²) in [4.78, 5) is 14.7. The van der Waals surface area contributed by atoms with Gasteiger partial charge in [0, 0.05) is 35.8 Å². The van der Waals surface area contributed by atoms with Crippen LogP contribution in [-0.2, 0) is 0 Å². The van der Waals surface area contributed by atoms with Crippen molar-refractivity contribution in [3.05, 3.63) is 59.6 Å². The molecule has 0 bridgehead atoms. The van der Waals surface area contributed by atoms with Gasteiger partial charge in [0.05, 0.1) is 17.3 Å². The second-order valence-electron chi connectivity index (χ2n) is 9.75. The zero-order chi connectivity index (χ0) is 29.5. The number of pyridine rings is 1. The number of halogens is 3. The van der Waals surface area contributed by atoms with Gasteiger partial charge in [-0.3, -0.25) is 4.98 Å². The summed E-state index contributed by atoms with van der Waals surface area (Å²) in [5, 5.41) is 11.2. The first-order valence-electron chi connectivity index (χ1n) is 13.1. The largest absolute Gasteiger partial charge is 0.508 e.